The van der Waals surface area contributed by atoms with Crippen LogP contribution in [0.2, 0.25) is 0 Å². The number of anilines is 2. The number of rotatable bonds is 1. The van der Waals surface area contributed by atoms with Crippen molar-refractivity contribution in [3.63, 3.8) is 0 Å². The van der Waals surface area contributed by atoms with Gasteiger partial charge in [-0.05, 0) is 38.3 Å². The lowest BCUT2D eigenvalue weighted by molar-refractivity contribution is 0.485. The second kappa shape index (κ2) is 3.86. The normalized spacial score (nSPS) is 22.4. The van der Waals surface area contributed by atoms with E-state index in [1.165, 1.54) is 19.3 Å². The maximum absolute atomic E-state index is 5.86. The van der Waals surface area contributed by atoms with Crippen molar-refractivity contribution < 1.29 is 0 Å². The second-order valence-electron chi connectivity index (χ2n) is 3.95. The van der Waals surface area contributed by atoms with Crippen LogP contribution in [0.1, 0.15) is 26.2 Å². The summed E-state index contributed by atoms with van der Waals surface area (Å²) in [6, 6.07) is 4.60. The highest BCUT2D eigenvalue weighted by atomic mass is 15.2. The summed E-state index contributed by atoms with van der Waals surface area (Å²) in [6.07, 6.45) is 5.60. The molecule has 2 N–H and O–H groups in total. The number of pyridine rings is 1. The molecular weight excluding hydrogens is 174 g/mol. The predicted molar refractivity (Wildman–Crippen MR) is 59.3 cm³/mol. The number of hydrogen-bond acceptors (Lipinski definition) is 3. The molecule has 1 unspecified atom stereocenters. The first-order valence-corrected chi connectivity index (χ1v) is 5.26. The number of nitrogens with two attached hydrogens (primary N) is 1. The molecule has 1 aliphatic heterocycles. The standard InChI is InChI=1S/C11H17N3/c1-9-5-2-3-8-14(9)10-6-4-7-13-11(10)12/h4,6-7,9H,2-3,5,8H2,1H3,(H2,12,13). The lowest BCUT2D eigenvalue weighted by Crippen LogP contribution is -2.37. The molecule has 1 fully saturated rings. The first-order chi connectivity index (χ1) is 6.79. The molecule has 14 heavy (non-hydrogen) atoms. The summed E-state index contributed by atoms with van der Waals surface area (Å²) >= 11 is 0. The Hall–Kier alpha value is -1.25. The Bertz CT molecular complexity index is 311. The summed E-state index contributed by atoms with van der Waals surface area (Å²) in [6.45, 7) is 3.36. The van der Waals surface area contributed by atoms with Gasteiger partial charge in [-0.25, -0.2) is 4.98 Å². The summed E-state index contributed by atoms with van der Waals surface area (Å²) in [5.41, 5.74) is 6.96. The SMILES string of the molecule is CC1CCCCN1c1cccnc1N. The van der Waals surface area contributed by atoms with E-state index in [9.17, 15) is 0 Å². The van der Waals surface area contributed by atoms with Crippen molar-refractivity contribution in [1.29, 1.82) is 0 Å². The van der Waals surface area contributed by atoms with Gasteiger partial charge in [-0.1, -0.05) is 0 Å². The zero-order valence-electron chi connectivity index (χ0n) is 8.61. The third-order valence-electron chi connectivity index (χ3n) is 2.93. The maximum atomic E-state index is 5.86. The fourth-order valence-electron chi connectivity index (χ4n) is 2.11. The van der Waals surface area contributed by atoms with Gasteiger partial charge in [0.05, 0.1) is 5.69 Å². The molecule has 3 nitrogen and oxygen atoms in total. The molecule has 1 aromatic rings. The van der Waals surface area contributed by atoms with Crippen LogP contribution in [-0.2, 0) is 0 Å². The van der Waals surface area contributed by atoms with Crippen LogP contribution < -0.4 is 10.6 Å². The summed E-state index contributed by atoms with van der Waals surface area (Å²) in [5, 5.41) is 0. The molecule has 0 aromatic carbocycles. The van der Waals surface area contributed by atoms with Crippen LogP contribution in [0.15, 0.2) is 18.3 Å². The van der Waals surface area contributed by atoms with Gasteiger partial charge in [-0.3, -0.25) is 0 Å². The molecule has 3 heteroatoms. The monoisotopic (exact) mass is 191 g/mol. The molecule has 0 saturated carbocycles. The van der Waals surface area contributed by atoms with Crippen LogP contribution in [0.4, 0.5) is 11.5 Å². The van der Waals surface area contributed by atoms with Gasteiger partial charge in [-0.15, -0.1) is 0 Å². The van der Waals surface area contributed by atoms with Crippen LogP contribution in [0.3, 0.4) is 0 Å². The summed E-state index contributed by atoms with van der Waals surface area (Å²) < 4.78 is 0. The highest BCUT2D eigenvalue weighted by Crippen LogP contribution is 2.27. The van der Waals surface area contributed by atoms with E-state index in [-0.39, 0.29) is 0 Å². The van der Waals surface area contributed by atoms with E-state index in [0.717, 1.165) is 12.2 Å². The molecule has 76 valence electrons. The molecule has 0 spiro atoms. The van der Waals surface area contributed by atoms with Gasteiger partial charge < -0.3 is 10.6 Å². The van der Waals surface area contributed by atoms with Crippen LogP contribution >= 0.6 is 0 Å². The zero-order valence-corrected chi connectivity index (χ0v) is 8.61. The summed E-state index contributed by atoms with van der Waals surface area (Å²) in [5.74, 6) is 0.654. The Labute approximate surface area is 84.9 Å². The minimum atomic E-state index is 0.593. The molecule has 0 aliphatic carbocycles. The first kappa shape index (κ1) is 9.31. The smallest absolute Gasteiger partial charge is 0.146 e. The highest BCUT2D eigenvalue weighted by molar-refractivity contribution is 5.63. The van der Waals surface area contributed by atoms with Crippen molar-refractivity contribution in [2.24, 2.45) is 0 Å². The molecule has 2 heterocycles. The molecule has 1 atom stereocenters. The third-order valence-corrected chi connectivity index (χ3v) is 2.93. The predicted octanol–water partition coefficient (Wildman–Crippen LogP) is 2.04. The second-order valence-corrected chi connectivity index (χ2v) is 3.95. The number of hydrogen-bond donors (Lipinski definition) is 1. The largest absolute Gasteiger partial charge is 0.382 e. The van der Waals surface area contributed by atoms with Gasteiger partial charge in [0.25, 0.3) is 0 Å². The van der Waals surface area contributed by atoms with Crippen molar-refractivity contribution >= 4 is 11.5 Å². The van der Waals surface area contributed by atoms with Gasteiger partial charge in [0, 0.05) is 18.8 Å². The number of piperidine rings is 1. The minimum Gasteiger partial charge on any atom is -0.382 e. The minimum absolute atomic E-state index is 0.593. The average molecular weight is 191 g/mol. The molecule has 0 bridgehead atoms. The van der Waals surface area contributed by atoms with E-state index in [2.05, 4.69) is 22.9 Å². The van der Waals surface area contributed by atoms with Crippen molar-refractivity contribution in [2.45, 2.75) is 32.2 Å². The van der Waals surface area contributed by atoms with Crippen LogP contribution in [0.25, 0.3) is 0 Å². The molecular formula is C11H17N3. The van der Waals surface area contributed by atoms with Gasteiger partial charge in [0.15, 0.2) is 0 Å². The van der Waals surface area contributed by atoms with Crippen molar-refractivity contribution in [2.75, 3.05) is 17.2 Å². The lowest BCUT2D eigenvalue weighted by atomic mass is 10.0. The third kappa shape index (κ3) is 1.67. The first-order valence-electron chi connectivity index (χ1n) is 5.26. The maximum Gasteiger partial charge on any atom is 0.146 e. The van der Waals surface area contributed by atoms with Crippen LogP contribution in [-0.4, -0.2) is 17.6 Å². The number of nitrogen functional groups attached to an aromatic ring is 1. The molecule has 2 rings (SSSR count). The molecule has 1 aliphatic rings. The number of nitrogens with zero attached hydrogens (tertiary/aromatic N) is 2. The Kier molecular flexibility index (Phi) is 2.57. The van der Waals surface area contributed by atoms with Crippen molar-refractivity contribution in [3.05, 3.63) is 18.3 Å². The molecule has 0 radical (unpaired) electrons. The van der Waals surface area contributed by atoms with E-state index in [4.69, 9.17) is 5.73 Å². The van der Waals surface area contributed by atoms with Gasteiger partial charge in [-0.2, -0.15) is 0 Å². The van der Waals surface area contributed by atoms with Gasteiger partial charge in [0.2, 0.25) is 0 Å². The van der Waals surface area contributed by atoms with Crippen LogP contribution in [0.5, 0.6) is 0 Å². The van der Waals surface area contributed by atoms with E-state index in [0.29, 0.717) is 11.9 Å². The summed E-state index contributed by atoms with van der Waals surface area (Å²) in [4.78, 5) is 6.49. The Morgan fingerprint density at radius 2 is 2.36 bits per heavy atom. The van der Waals surface area contributed by atoms with Gasteiger partial charge in [0.1, 0.15) is 5.82 Å². The van der Waals surface area contributed by atoms with Crippen molar-refractivity contribution in [1.82, 2.24) is 4.98 Å². The fraction of sp³-hybridized carbons (Fsp3) is 0.545. The molecule has 0 amide bonds. The topological polar surface area (TPSA) is 42.2 Å². The van der Waals surface area contributed by atoms with E-state index in [1.54, 1.807) is 6.20 Å². The van der Waals surface area contributed by atoms with Gasteiger partial charge >= 0.3 is 0 Å². The quantitative estimate of drug-likeness (QED) is 0.738. The lowest BCUT2D eigenvalue weighted by Gasteiger charge is -2.35. The Morgan fingerprint density at radius 1 is 1.50 bits per heavy atom. The Balaban J connectivity index is 2.25. The highest BCUT2D eigenvalue weighted by Gasteiger charge is 2.20. The van der Waals surface area contributed by atoms with E-state index >= 15 is 0 Å². The zero-order chi connectivity index (χ0) is 9.97. The molecule has 1 saturated heterocycles. The summed E-state index contributed by atoms with van der Waals surface area (Å²) in [7, 11) is 0. The van der Waals surface area contributed by atoms with E-state index in [1.807, 2.05) is 6.07 Å². The fourth-order valence-corrected chi connectivity index (χ4v) is 2.11. The average Bonchev–Trinajstić information content (AvgIpc) is 2.20. The Morgan fingerprint density at radius 3 is 3.07 bits per heavy atom. The number of aromatic nitrogens is 1. The van der Waals surface area contributed by atoms with E-state index < -0.39 is 0 Å². The van der Waals surface area contributed by atoms with Crippen LogP contribution in [0, 0.1) is 0 Å². The van der Waals surface area contributed by atoms with Crippen molar-refractivity contribution in [3.8, 4) is 0 Å². The molecule has 1 aromatic heterocycles.